The summed E-state index contributed by atoms with van der Waals surface area (Å²) in [6.45, 7) is 0. The third kappa shape index (κ3) is 4.12. The van der Waals surface area contributed by atoms with Crippen LogP contribution < -0.4 is 10.1 Å². The number of halogens is 3. The van der Waals surface area contributed by atoms with Crippen LogP contribution in [0.4, 0.5) is 18.3 Å². The zero-order chi connectivity index (χ0) is 17.2. The van der Waals surface area contributed by atoms with Crippen molar-refractivity contribution in [2.75, 3.05) is 5.32 Å². The van der Waals surface area contributed by atoms with Gasteiger partial charge in [0.05, 0.1) is 10.6 Å². The molecule has 2 aromatic heterocycles. The van der Waals surface area contributed by atoms with E-state index in [1.165, 1.54) is 34.8 Å². The van der Waals surface area contributed by atoms with Gasteiger partial charge in [0, 0.05) is 10.9 Å². The van der Waals surface area contributed by atoms with Crippen LogP contribution in [-0.2, 0) is 0 Å². The number of carbonyl (C=O) groups excluding carboxylic acids is 1. The number of nitrogens with zero attached hydrogens (tertiary/aromatic N) is 1. The number of nitrogens with one attached hydrogen (secondary N) is 1. The van der Waals surface area contributed by atoms with Gasteiger partial charge in [0.1, 0.15) is 5.75 Å². The van der Waals surface area contributed by atoms with Gasteiger partial charge in [-0.2, -0.15) is 0 Å². The monoisotopic (exact) mass is 370 g/mol. The molecule has 0 bridgehead atoms. The molecule has 24 heavy (non-hydrogen) atoms. The molecule has 0 fully saturated rings. The van der Waals surface area contributed by atoms with Gasteiger partial charge in [-0.1, -0.05) is 6.07 Å². The molecule has 0 saturated carbocycles. The fraction of sp³-hybridized carbons (Fsp3) is 0.0667. The van der Waals surface area contributed by atoms with E-state index >= 15 is 0 Å². The van der Waals surface area contributed by atoms with Crippen molar-refractivity contribution < 1.29 is 22.7 Å². The molecule has 1 amide bonds. The summed E-state index contributed by atoms with van der Waals surface area (Å²) in [6.07, 6.45) is -4.76. The summed E-state index contributed by atoms with van der Waals surface area (Å²) < 4.78 is 40.1. The van der Waals surface area contributed by atoms with Crippen molar-refractivity contribution in [2.24, 2.45) is 0 Å². The average Bonchev–Trinajstić information content (AvgIpc) is 3.16. The zero-order valence-electron chi connectivity index (χ0n) is 11.8. The van der Waals surface area contributed by atoms with Gasteiger partial charge < -0.3 is 4.74 Å². The zero-order valence-corrected chi connectivity index (χ0v) is 13.5. The number of rotatable bonds is 4. The number of ether oxygens (including phenoxy) is 1. The van der Waals surface area contributed by atoms with E-state index in [9.17, 15) is 18.0 Å². The Morgan fingerprint density at radius 2 is 1.88 bits per heavy atom. The number of anilines is 1. The van der Waals surface area contributed by atoms with Crippen LogP contribution >= 0.6 is 22.7 Å². The van der Waals surface area contributed by atoms with Crippen molar-refractivity contribution in [3.05, 3.63) is 52.7 Å². The third-order valence-corrected chi connectivity index (χ3v) is 4.50. The standard InChI is InChI=1S/C15H9F3N2O2S2/c16-15(17,18)22-10-5-3-9(4-6-10)13(21)20-14-19-11(8-24-14)12-2-1-7-23-12/h1-8H,(H,19,20,21). The van der Waals surface area contributed by atoms with Crippen LogP contribution in [0.25, 0.3) is 10.6 Å². The number of alkyl halides is 3. The van der Waals surface area contributed by atoms with Gasteiger partial charge in [0.2, 0.25) is 0 Å². The van der Waals surface area contributed by atoms with E-state index in [-0.39, 0.29) is 11.3 Å². The summed E-state index contributed by atoms with van der Waals surface area (Å²) in [5.41, 5.74) is 0.969. The fourth-order valence-corrected chi connectivity index (χ4v) is 3.31. The molecule has 1 aromatic carbocycles. The number of hydrogen-bond donors (Lipinski definition) is 1. The molecule has 0 aliphatic carbocycles. The Bertz CT molecular complexity index is 827. The molecule has 0 unspecified atom stereocenters. The number of amides is 1. The molecule has 0 spiro atoms. The van der Waals surface area contributed by atoms with Crippen molar-refractivity contribution in [3.8, 4) is 16.3 Å². The van der Waals surface area contributed by atoms with Crippen molar-refractivity contribution in [1.82, 2.24) is 4.98 Å². The van der Waals surface area contributed by atoms with E-state index in [0.717, 1.165) is 22.7 Å². The van der Waals surface area contributed by atoms with E-state index in [4.69, 9.17) is 0 Å². The van der Waals surface area contributed by atoms with Crippen molar-refractivity contribution in [1.29, 1.82) is 0 Å². The van der Waals surface area contributed by atoms with Crippen LogP contribution in [0.15, 0.2) is 47.2 Å². The first-order valence-corrected chi connectivity index (χ1v) is 8.33. The second kappa shape index (κ2) is 6.62. The quantitative estimate of drug-likeness (QED) is 0.701. The minimum atomic E-state index is -4.76. The molecule has 4 nitrogen and oxygen atoms in total. The van der Waals surface area contributed by atoms with Gasteiger partial charge in [-0.15, -0.1) is 35.8 Å². The van der Waals surface area contributed by atoms with E-state index < -0.39 is 12.3 Å². The van der Waals surface area contributed by atoms with E-state index in [1.807, 2.05) is 22.9 Å². The van der Waals surface area contributed by atoms with Gasteiger partial charge in [-0.25, -0.2) is 4.98 Å². The summed E-state index contributed by atoms with van der Waals surface area (Å²) in [5.74, 6) is -0.839. The topological polar surface area (TPSA) is 51.2 Å². The molecule has 0 saturated heterocycles. The van der Waals surface area contributed by atoms with Gasteiger partial charge in [-0.05, 0) is 35.7 Å². The Balaban J connectivity index is 1.67. The summed E-state index contributed by atoms with van der Waals surface area (Å²) in [6, 6.07) is 8.50. The highest BCUT2D eigenvalue weighted by Crippen LogP contribution is 2.28. The Morgan fingerprint density at radius 1 is 1.12 bits per heavy atom. The molecule has 0 aliphatic rings. The summed E-state index contributed by atoms with van der Waals surface area (Å²) in [4.78, 5) is 17.4. The molecule has 3 aromatic rings. The minimum absolute atomic E-state index is 0.206. The maximum atomic E-state index is 12.1. The highest BCUT2D eigenvalue weighted by Gasteiger charge is 2.31. The first kappa shape index (κ1) is 16.5. The van der Waals surface area contributed by atoms with Gasteiger partial charge in [0.15, 0.2) is 5.13 Å². The second-order valence-electron chi connectivity index (χ2n) is 4.54. The van der Waals surface area contributed by atoms with Crippen LogP contribution in [0.3, 0.4) is 0 Å². The van der Waals surface area contributed by atoms with Crippen LogP contribution in [0.1, 0.15) is 10.4 Å². The number of thiazole rings is 1. The van der Waals surface area contributed by atoms with Gasteiger partial charge >= 0.3 is 6.36 Å². The molecular formula is C15H9F3N2O2S2. The summed E-state index contributed by atoms with van der Waals surface area (Å²) in [7, 11) is 0. The Morgan fingerprint density at radius 3 is 2.50 bits per heavy atom. The summed E-state index contributed by atoms with van der Waals surface area (Å²) in [5, 5.41) is 6.78. The molecule has 2 heterocycles. The third-order valence-electron chi connectivity index (χ3n) is 2.85. The van der Waals surface area contributed by atoms with Gasteiger partial charge in [-0.3, -0.25) is 10.1 Å². The molecule has 1 N–H and O–H groups in total. The van der Waals surface area contributed by atoms with E-state index in [2.05, 4.69) is 15.0 Å². The lowest BCUT2D eigenvalue weighted by molar-refractivity contribution is -0.274. The maximum Gasteiger partial charge on any atom is 0.573 e. The van der Waals surface area contributed by atoms with E-state index in [0.29, 0.717) is 5.13 Å². The first-order chi connectivity index (χ1) is 11.4. The van der Waals surface area contributed by atoms with Crippen LogP contribution in [0.2, 0.25) is 0 Å². The molecule has 0 aliphatic heterocycles. The lowest BCUT2D eigenvalue weighted by Crippen LogP contribution is -2.17. The van der Waals surface area contributed by atoms with Crippen molar-refractivity contribution in [3.63, 3.8) is 0 Å². The van der Waals surface area contributed by atoms with Crippen molar-refractivity contribution in [2.45, 2.75) is 6.36 Å². The van der Waals surface area contributed by atoms with Crippen LogP contribution in [0.5, 0.6) is 5.75 Å². The number of benzene rings is 1. The predicted octanol–water partition coefficient (Wildman–Crippen LogP) is 5.02. The highest BCUT2D eigenvalue weighted by molar-refractivity contribution is 7.16. The Hall–Kier alpha value is -2.39. The summed E-state index contributed by atoms with van der Waals surface area (Å²) >= 11 is 2.81. The predicted molar refractivity (Wildman–Crippen MR) is 86.5 cm³/mol. The smallest absolute Gasteiger partial charge is 0.406 e. The van der Waals surface area contributed by atoms with Gasteiger partial charge in [0.25, 0.3) is 5.91 Å². The lowest BCUT2D eigenvalue weighted by atomic mass is 10.2. The lowest BCUT2D eigenvalue weighted by Gasteiger charge is -2.09. The molecular weight excluding hydrogens is 361 g/mol. The second-order valence-corrected chi connectivity index (χ2v) is 6.35. The van der Waals surface area contributed by atoms with Crippen molar-refractivity contribution >= 4 is 33.7 Å². The minimum Gasteiger partial charge on any atom is -0.406 e. The Labute approximate surface area is 142 Å². The maximum absolute atomic E-state index is 12.1. The normalized spacial score (nSPS) is 11.3. The van der Waals surface area contributed by atoms with E-state index in [1.54, 1.807) is 0 Å². The number of aromatic nitrogens is 1. The Kier molecular flexibility index (Phi) is 4.54. The fourth-order valence-electron chi connectivity index (χ4n) is 1.85. The molecule has 9 heteroatoms. The van der Waals surface area contributed by atoms with Crippen LogP contribution in [-0.4, -0.2) is 17.3 Å². The highest BCUT2D eigenvalue weighted by atomic mass is 32.1. The largest absolute Gasteiger partial charge is 0.573 e. The number of thiophene rings is 1. The van der Waals surface area contributed by atoms with Crippen LogP contribution in [0, 0.1) is 0 Å². The molecule has 3 rings (SSSR count). The number of hydrogen-bond acceptors (Lipinski definition) is 5. The number of carbonyl (C=O) groups is 1. The average molecular weight is 370 g/mol. The SMILES string of the molecule is O=C(Nc1nc(-c2cccs2)cs1)c1ccc(OC(F)(F)F)cc1. The molecule has 0 atom stereocenters. The molecule has 0 radical (unpaired) electrons. The first-order valence-electron chi connectivity index (χ1n) is 6.57. The molecule has 124 valence electrons.